The van der Waals surface area contributed by atoms with Gasteiger partial charge in [0, 0.05) is 11.8 Å². The lowest BCUT2D eigenvalue weighted by atomic mass is 10.2. The number of ether oxygens (including phenoxy) is 2. The first-order chi connectivity index (χ1) is 13.2. The maximum Gasteiger partial charge on any atom is 0.255 e. The Bertz CT molecular complexity index is 1110. The third-order valence-corrected chi connectivity index (χ3v) is 3.90. The van der Waals surface area contributed by atoms with Crippen LogP contribution in [0.15, 0.2) is 60.9 Å². The van der Waals surface area contributed by atoms with Gasteiger partial charge in [-0.1, -0.05) is 6.92 Å². The van der Waals surface area contributed by atoms with Crippen molar-refractivity contribution >= 4 is 5.78 Å². The van der Waals surface area contributed by atoms with Crippen molar-refractivity contribution in [2.75, 3.05) is 0 Å². The number of aryl methyl sites for hydroxylation is 1. The van der Waals surface area contributed by atoms with Crippen LogP contribution >= 0.6 is 0 Å². The lowest BCUT2D eigenvalue weighted by Gasteiger charge is -2.10. The maximum absolute atomic E-state index is 8.84. The standard InChI is InChI=1S/C20H15N5O2/c1-2-15-11-19(25-20(24-15)22-13-23-25)27-18-9-7-17(8-10-18)26-16-5-3-14(12-21)4-6-16/h3-11,13H,2H2,1H3. The van der Waals surface area contributed by atoms with E-state index in [9.17, 15) is 0 Å². The predicted octanol–water partition coefficient (Wildman–Crippen LogP) is 4.14. The Hall–Kier alpha value is -3.92. The van der Waals surface area contributed by atoms with Crippen LogP contribution in [0.3, 0.4) is 0 Å². The van der Waals surface area contributed by atoms with Crippen molar-refractivity contribution in [3.63, 3.8) is 0 Å². The first kappa shape index (κ1) is 16.5. The van der Waals surface area contributed by atoms with E-state index >= 15 is 0 Å². The molecule has 0 atom stereocenters. The molecule has 2 aromatic heterocycles. The Morgan fingerprint density at radius 2 is 1.59 bits per heavy atom. The average molecular weight is 357 g/mol. The summed E-state index contributed by atoms with van der Waals surface area (Å²) in [6.07, 6.45) is 2.22. The Kier molecular flexibility index (Phi) is 4.37. The lowest BCUT2D eigenvalue weighted by Crippen LogP contribution is -2.00. The van der Waals surface area contributed by atoms with E-state index in [1.54, 1.807) is 28.8 Å². The number of nitriles is 1. The summed E-state index contributed by atoms with van der Waals surface area (Å²) in [4.78, 5) is 8.52. The molecule has 0 unspecified atom stereocenters. The third kappa shape index (κ3) is 3.55. The molecule has 0 saturated carbocycles. The zero-order valence-electron chi connectivity index (χ0n) is 14.5. The molecule has 0 fully saturated rings. The van der Waals surface area contributed by atoms with E-state index < -0.39 is 0 Å². The number of nitrogens with zero attached hydrogens (tertiary/aromatic N) is 5. The van der Waals surface area contributed by atoms with Crippen molar-refractivity contribution in [2.24, 2.45) is 0 Å². The van der Waals surface area contributed by atoms with E-state index in [1.807, 2.05) is 37.3 Å². The summed E-state index contributed by atoms with van der Waals surface area (Å²) in [6.45, 7) is 2.02. The molecule has 7 nitrogen and oxygen atoms in total. The molecule has 0 aliphatic carbocycles. The van der Waals surface area contributed by atoms with Crippen molar-refractivity contribution in [1.82, 2.24) is 19.6 Å². The molecular formula is C20H15N5O2. The minimum Gasteiger partial charge on any atom is -0.457 e. The maximum atomic E-state index is 8.84. The molecule has 4 aromatic rings. The molecule has 27 heavy (non-hydrogen) atoms. The van der Waals surface area contributed by atoms with Crippen LogP contribution in [0.2, 0.25) is 0 Å². The normalized spacial score (nSPS) is 10.5. The fraction of sp³-hybridized carbons (Fsp3) is 0.100. The second-order valence-electron chi connectivity index (χ2n) is 5.72. The molecule has 7 heteroatoms. The average Bonchev–Trinajstić information content (AvgIpc) is 3.19. The largest absolute Gasteiger partial charge is 0.457 e. The van der Waals surface area contributed by atoms with Crippen molar-refractivity contribution in [2.45, 2.75) is 13.3 Å². The highest BCUT2D eigenvalue weighted by Gasteiger charge is 2.09. The summed E-state index contributed by atoms with van der Waals surface area (Å²) in [5.41, 5.74) is 1.47. The van der Waals surface area contributed by atoms with Gasteiger partial charge in [-0.25, -0.2) is 4.98 Å². The third-order valence-electron chi connectivity index (χ3n) is 3.90. The first-order valence-electron chi connectivity index (χ1n) is 8.41. The van der Waals surface area contributed by atoms with E-state index in [0.29, 0.717) is 34.5 Å². The van der Waals surface area contributed by atoms with E-state index in [0.717, 1.165) is 12.1 Å². The SMILES string of the molecule is CCc1cc(Oc2ccc(Oc3ccc(C#N)cc3)cc2)n2ncnc2n1. The fourth-order valence-electron chi connectivity index (χ4n) is 2.52. The highest BCUT2D eigenvalue weighted by molar-refractivity contribution is 5.40. The highest BCUT2D eigenvalue weighted by atomic mass is 16.5. The van der Waals surface area contributed by atoms with E-state index in [2.05, 4.69) is 21.1 Å². The second-order valence-corrected chi connectivity index (χ2v) is 5.72. The van der Waals surface area contributed by atoms with Crippen LogP contribution in [0.5, 0.6) is 23.1 Å². The molecule has 0 saturated heterocycles. The number of benzene rings is 2. The highest BCUT2D eigenvalue weighted by Crippen LogP contribution is 2.27. The molecular weight excluding hydrogens is 342 g/mol. The van der Waals surface area contributed by atoms with E-state index in [-0.39, 0.29) is 0 Å². The van der Waals surface area contributed by atoms with Gasteiger partial charge in [-0.05, 0) is 55.0 Å². The summed E-state index contributed by atoms with van der Waals surface area (Å²) in [6, 6.07) is 18.1. The molecule has 4 rings (SSSR count). The van der Waals surface area contributed by atoms with Crippen LogP contribution in [0.4, 0.5) is 0 Å². The predicted molar refractivity (Wildman–Crippen MR) is 97.9 cm³/mol. The van der Waals surface area contributed by atoms with Crippen molar-refractivity contribution < 1.29 is 9.47 Å². The number of fused-ring (bicyclic) bond motifs is 1. The molecule has 0 bridgehead atoms. The van der Waals surface area contributed by atoms with Crippen LogP contribution in [0.25, 0.3) is 5.78 Å². The summed E-state index contributed by atoms with van der Waals surface area (Å²) < 4.78 is 13.3. The van der Waals surface area contributed by atoms with Gasteiger partial charge in [0.05, 0.1) is 11.6 Å². The quantitative estimate of drug-likeness (QED) is 0.533. The second kappa shape index (κ2) is 7.14. The van der Waals surface area contributed by atoms with Gasteiger partial charge in [0.1, 0.15) is 23.6 Å². The van der Waals surface area contributed by atoms with Gasteiger partial charge in [-0.15, -0.1) is 0 Å². The Morgan fingerprint density at radius 1 is 0.963 bits per heavy atom. The monoisotopic (exact) mass is 357 g/mol. The number of rotatable bonds is 5. The summed E-state index contributed by atoms with van der Waals surface area (Å²) >= 11 is 0. The van der Waals surface area contributed by atoms with E-state index in [1.165, 1.54) is 6.33 Å². The molecule has 2 heterocycles. The minimum atomic E-state index is 0.505. The van der Waals surface area contributed by atoms with Crippen molar-refractivity contribution in [1.29, 1.82) is 5.26 Å². The lowest BCUT2D eigenvalue weighted by molar-refractivity contribution is 0.441. The molecule has 0 amide bonds. The smallest absolute Gasteiger partial charge is 0.255 e. The number of hydrogen-bond acceptors (Lipinski definition) is 6. The van der Waals surface area contributed by atoms with Gasteiger partial charge in [0.2, 0.25) is 5.88 Å². The molecule has 2 aromatic carbocycles. The Labute approximate surface area is 155 Å². The fourth-order valence-corrected chi connectivity index (χ4v) is 2.52. The molecule has 0 radical (unpaired) electrons. The summed E-state index contributed by atoms with van der Waals surface area (Å²) in [7, 11) is 0. The van der Waals surface area contributed by atoms with Crippen LogP contribution in [-0.2, 0) is 6.42 Å². The number of aromatic nitrogens is 4. The number of hydrogen-bond donors (Lipinski definition) is 0. The van der Waals surface area contributed by atoms with Crippen molar-refractivity contribution in [3.8, 4) is 29.2 Å². The zero-order chi connectivity index (χ0) is 18.6. The Morgan fingerprint density at radius 3 is 2.22 bits per heavy atom. The molecule has 0 aliphatic heterocycles. The van der Waals surface area contributed by atoms with Gasteiger partial charge in [0.15, 0.2) is 0 Å². The minimum absolute atomic E-state index is 0.505. The van der Waals surface area contributed by atoms with Crippen molar-refractivity contribution in [3.05, 3.63) is 72.2 Å². The zero-order valence-corrected chi connectivity index (χ0v) is 14.5. The van der Waals surface area contributed by atoms with Gasteiger partial charge in [-0.3, -0.25) is 0 Å². The molecule has 0 N–H and O–H groups in total. The molecule has 132 valence electrons. The van der Waals surface area contributed by atoms with Crippen LogP contribution in [0, 0.1) is 11.3 Å². The summed E-state index contributed by atoms with van der Waals surface area (Å²) in [5.74, 6) is 3.03. The van der Waals surface area contributed by atoms with Crippen LogP contribution in [-0.4, -0.2) is 19.6 Å². The van der Waals surface area contributed by atoms with Gasteiger partial charge in [-0.2, -0.15) is 19.9 Å². The molecule has 0 aliphatic rings. The summed E-state index contributed by atoms with van der Waals surface area (Å²) in [5, 5.41) is 13.0. The van der Waals surface area contributed by atoms with Gasteiger partial charge < -0.3 is 9.47 Å². The first-order valence-corrected chi connectivity index (χ1v) is 8.41. The van der Waals surface area contributed by atoms with E-state index in [4.69, 9.17) is 14.7 Å². The van der Waals surface area contributed by atoms with Gasteiger partial charge >= 0.3 is 0 Å². The van der Waals surface area contributed by atoms with Crippen LogP contribution in [0.1, 0.15) is 18.2 Å². The molecule has 0 spiro atoms. The van der Waals surface area contributed by atoms with Gasteiger partial charge in [0.25, 0.3) is 5.78 Å². The Balaban J connectivity index is 1.52. The topological polar surface area (TPSA) is 85.3 Å². The van der Waals surface area contributed by atoms with Crippen LogP contribution < -0.4 is 9.47 Å².